The van der Waals surface area contributed by atoms with Crippen LogP contribution in [0, 0.1) is 0 Å². The van der Waals surface area contributed by atoms with Crippen LogP contribution in [0.1, 0.15) is 17.3 Å². The average Bonchev–Trinajstić information content (AvgIpc) is 3.10. The molecule has 3 aromatic rings. The number of benzene rings is 2. The molecule has 0 unspecified atom stereocenters. The van der Waals surface area contributed by atoms with E-state index in [1.54, 1.807) is 24.3 Å². The van der Waals surface area contributed by atoms with E-state index >= 15 is 0 Å². The number of hydrazine groups is 1. The Bertz CT molecular complexity index is 857. The summed E-state index contributed by atoms with van der Waals surface area (Å²) in [6.45, 7) is 1.31. The third kappa shape index (κ3) is 3.46. The van der Waals surface area contributed by atoms with Crippen molar-refractivity contribution in [3.05, 3.63) is 60.2 Å². The van der Waals surface area contributed by atoms with Crippen molar-refractivity contribution in [3.8, 4) is 22.9 Å². The molecule has 0 radical (unpaired) electrons. The molecule has 0 aliphatic rings. The number of aromatic nitrogens is 2. The Morgan fingerprint density at radius 2 is 1.42 bits per heavy atom. The van der Waals surface area contributed by atoms with Crippen LogP contribution >= 0.6 is 0 Å². The molecule has 24 heavy (non-hydrogen) atoms. The molecule has 0 aliphatic carbocycles. The van der Waals surface area contributed by atoms with E-state index in [1.807, 2.05) is 30.3 Å². The zero-order valence-electron chi connectivity index (χ0n) is 12.8. The summed E-state index contributed by atoms with van der Waals surface area (Å²) in [4.78, 5) is 22.6. The molecule has 0 saturated carbocycles. The highest BCUT2D eigenvalue weighted by atomic mass is 16.4. The zero-order valence-corrected chi connectivity index (χ0v) is 12.8. The standard InChI is InChI=1S/C17H14N4O3/c1-11(22)18-19-15(23)12-7-9-14(10-8-12)17-21-20-16(24-17)13-5-3-2-4-6-13/h2-10H,1H3,(H,18,22)(H,19,23). The molecule has 2 amide bonds. The van der Waals surface area contributed by atoms with Crippen LogP contribution in [0.25, 0.3) is 22.9 Å². The summed E-state index contributed by atoms with van der Waals surface area (Å²) in [5, 5.41) is 8.05. The topological polar surface area (TPSA) is 97.1 Å². The van der Waals surface area contributed by atoms with Crippen LogP contribution in [-0.2, 0) is 4.79 Å². The quantitative estimate of drug-likeness (QED) is 0.720. The summed E-state index contributed by atoms with van der Waals surface area (Å²) in [6, 6.07) is 16.1. The average molecular weight is 322 g/mol. The van der Waals surface area contributed by atoms with Crippen LogP contribution in [0.2, 0.25) is 0 Å². The smallest absolute Gasteiger partial charge is 0.269 e. The molecule has 0 spiro atoms. The molecule has 3 rings (SSSR count). The molecular weight excluding hydrogens is 308 g/mol. The minimum absolute atomic E-state index is 0.348. The highest BCUT2D eigenvalue weighted by molar-refractivity contribution is 5.95. The second-order valence-electron chi connectivity index (χ2n) is 4.99. The van der Waals surface area contributed by atoms with E-state index in [-0.39, 0.29) is 5.91 Å². The fraction of sp³-hybridized carbons (Fsp3) is 0.0588. The second kappa shape index (κ2) is 6.74. The van der Waals surface area contributed by atoms with Crippen molar-refractivity contribution < 1.29 is 14.0 Å². The fourth-order valence-corrected chi connectivity index (χ4v) is 2.02. The molecule has 120 valence electrons. The van der Waals surface area contributed by atoms with Crippen LogP contribution in [0.4, 0.5) is 0 Å². The lowest BCUT2D eigenvalue weighted by Gasteiger charge is -2.05. The van der Waals surface area contributed by atoms with Crippen molar-refractivity contribution in [2.24, 2.45) is 0 Å². The summed E-state index contributed by atoms with van der Waals surface area (Å²) < 4.78 is 5.66. The number of amides is 2. The summed E-state index contributed by atoms with van der Waals surface area (Å²) in [6.07, 6.45) is 0. The minimum Gasteiger partial charge on any atom is -0.416 e. The Morgan fingerprint density at radius 1 is 0.833 bits per heavy atom. The molecule has 7 nitrogen and oxygen atoms in total. The van der Waals surface area contributed by atoms with E-state index in [0.717, 1.165) is 5.56 Å². The Labute approximate surface area is 137 Å². The highest BCUT2D eigenvalue weighted by Crippen LogP contribution is 2.23. The van der Waals surface area contributed by atoms with Crippen LogP contribution in [0.15, 0.2) is 59.0 Å². The fourth-order valence-electron chi connectivity index (χ4n) is 2.02. The molecule has 0 aliphatic heterocycles. The van der Waals surface area contributed by atoms with Gasteiger partial charge in [0.05, 0.1) is 0 Å². The lowest BCUT2D eigenvalue weighted by molar-refractivity contribution is -0.119. The molecule has 1 heterocycles. The lowest BCUT2D eigenvalue weighted by atomic mass is 10.1. The van der Waals surface area contributed by atoms with Crippen LogP contribution in [0.5, 0.6) is 0 Å². The first-order chi connectivity index (χ1) is 11.6. The molecule has 0 saturated heterocycles. The summed E-state index contributed by atoms with van der Waals surface area (Å²) in [5.41, 5.74) is 6.45. The minimum atomic E-state index is -0.410. The van der Waals surface area contributed by atoms with Gasteiger partial charge in [-0.25, -0.2) is 0 Å². The Balaban J connectivity index is 1.75. The predicted octanol–water partition coefficient (Wildman–Crippen LogP) is 2.18. The number of carbonyl (C=O) groups excluding carboxylic acids is 2. The number of nitrogens with one attached hydrogen (secondary N) is 2. The van der Waals surface area contributed by atoms with Gasteiger partial charge in [0.1, 0.15) is 0 Å². The van der Waals surface area contributed by atoms with Crippen LogP contribution in [0.3, 0.4) is 0 Å². The Kier molecular flexibility index (Phi) is 4.33. The SMILES string of the molecule is CC(=O)NNC(=O)c1ccc(-c2nnc(-c3ccccc3)o2)cc1. The Morgan fingerprint density at radius 3 is 2.00 bits per heavy atom. The van der Waals surface area contributed by atoms with Gasteiger partial charge in [-0.2, -0.15) is 0 Å². The zero-order chi connectivity index (χ0) is 16.9. The lowest BCUT2D eigenvalue weighted by Crippen LogP contribution is -2.40. The third-order valence-corrected chi connectivity index (χ3v) is 3.19. The monoisotopic (exact) mass is 322 g/mol. The predicted molar refractivity (Wildman–Crippen MR) is 86.5 cm³/mol. The van der Waals surface area contributed by atoms with Crippen LogP contribution < -0.4 is 10.9 Å². The van der Waals surface area contributed by atoms with Gasteiger partial charge in [-0.1, -0.05) is 18.2 Å². The third-order valence-electron chi connectivity index (χ3n) is 3.19. The van der Waals surface area contributed by atoms with E-state index in [1.165, 1.54) is 6.92 Å². The highest BCUT2D eigenvalue weighted by Gasteiger charge is 2.11. The molecule has 0 bridgehead atoms. The normalized spacial score (nSPS) is 10.2. The maximum atomic E-state index is 11.8. The van der Waals surface area contributed by atoms with Crippen molar-refractivity contribution in [2.75, 3.05) is 0 Å². The second-order valence-corrected chi connectivity index (χ2v) is 4.99. The van der Waals surface area contributed by atoms with Crippen molar-refractivity contribution in [1.29, 1.82) is 0 Å². The van der Waals surface area contributed by atoms with E-state index in [0.29, 0.717) is 22.9 Å². The molecule has 2 N–H and O–H groups in total. The largest absolute Gasteiger partial charge is 0.416 e. The first-order valence-corrected chi connectivity index (χ1v) is 7.20. The summed E-state index contributed by atoms with van der Waals surface area (Å²) >= 11 is 0. The van der Waals surface area contributed by atoms with Crippen molar-refractivity contribution >= 4 is 11.8 Å². The van der Waals surface area contributed by atoms with Gasteiger partial charge in [-0.15, -0.1) is 10.2 Å². The summed E-state index contributed by atoms with van der Waals surface area (Å²) in [7, 11) is 0. The van der Waals surface area contributed by atoms with E-state index in [4.69, 9.17) is 4.42 Å². The molecule has 2 aromatic carbocycles. The molecular formula is C17H14N4O3. The maximum Gasteiger partial charge on any atom is 0.269 e. The van der Waals surface area contributed by atoms with Crippen molar-refractivity contribution in [2.45, 2.75) is 6.92 Å². The Hall–Kier alpha value is -3.48. The van der Waals surface area contributed by atoms with Crippen LogP contribution in [-0.4, -0.2) is 22.0 Å². The first kappa shape index (κ1) is 15.4. The molecule has 7 heteroatoms. The van der Waals surface area contributed by atoms with Crippen molar-refractivity contribution in [1.82, 2.24) is 21.0 Å². The first-order valence-electron chi connectivity index (χ1n) is 7.20. The van der Waals surface area contributed by atoms with Gasteiger partial charge in [0.15, 0.2) is 0 Å². The van der Waals surface area contributed by atoms with Gasteiger partial charge >= 0.3 is 0 Å². The van der Waals surface area contributed by atoms with E-state index in [9.17, 15) is 9.59 Å². The summed E-state index contributed by atoms with van der Waals surface area (Å²) in [5.74, 6) is 0.0345. The maximum absolute atomic E-state index is 11.8. The number of carbonyl (C=O) groups is 2. The van der Waals surface area contributed by atoms with Gasteiger partial charge in [0.25, 0.3) is 5.91 Å². The van der Waals surface area contributed by atoms with Gasteiger partial charge in [-0.05, 0) is 36.4 Å². The van der Waals surface area contributed by atoms with Crippen molar-refractivity contribution in [3.63, 3.8) is 0 Å². The molecule has 0 fully saturated rings. The molecule has 0 atom stereocenters. The van der Waals surface area contributed by atoms with Gasteiger partial charge in [0.2, 0.25) is 17.7 Å². The number of hydrogen-bond donors (Lipinski definition) is 2. The number of hydrogen-bond acceptors (Lipinski definition) is 5. The molecule has 1 aromatic heterocycles. The van der Waals surface area contributed by atoms with Gasteiger partial charge in [0, 0.05) is 23.6 Å². The van der Waals surface area contributed by atoms with E-state index < -0.39 is 5.91 Å². The van der Waals surface area contributed by atoms with Gasteiger partial charge < -0.3 is 4.42 Å². The van der Waals surface area contributed by atoms with Gasteiger partial charge in [-0.3, -0.25) is 20.4 Å². The van der Waals surface area contributed by atoms with E-state index in [2.05, 4.69) is 21.0 Å². The number of nitrogens with zero attached hydrogens (tertiary/aromatic N) is 2. The number of rotatable bonds is 3.